The minimum atomic E-state index is -0.0708. The maximum absolute atomic E-state index is 6.25. The van der Waals surface area contributed by atoms with Gasteiger partial charge in [-0.2, -0.15) is 0 Å². The maximum atomic E-state index is 6.25. The Labute approximate surface area is 119 Å². The Morgan fingerprint density at radius 1 is 1.39 bits per heavy atom. The third kappa shape index (κ3) is 3.13. The van der Waals surface area contributed by atoms with E-state index in [0.717, 1.165) is 27.0 Å². The van der Waals surface area contributed by atoms with E-state index < -0.39 is 0 Å². The molecule has 1 unspecified atom stereocenters. The molecule has 2 heterocycles. The average molecular weight is 327 g/mol. The number of hydrogen-bond donors (Lipinski definition) is 1. The minimum Gasteiger partial charge on any atom is -0.323 e. The van der Waals surface area contributed by atoms with E-state index >= 15 is 0 Å². The zero-order valence-electron chi connectivity index (χ0n) is 10.3. The number of nitrogens with two attached hydrogens (primary N) is 1. The number of aromatic nitrogens is 3. The molecule has 18 heavy (non-hydrogen) atoms. The van der Waals surface area contributed by atoms with Crippen LogP contribution >= 0.6 is 27.5 Å². The van der Waals surface area contributed by atoms with Gasteiger partial charge in [-0.15, -0.1) is 5.10 Å². The summed E-state index contributed by atoms with van der Waals surface area (Å²) in [6.45, 7) is 4.21. The zero-order chi connectivity index (χ0) is 13.1. The highest BCUT2D eigenvalue weighted by molar-refractivity contribution is 9.10. The van der Waals surface area contributed by atoms with Gasteiger partial charge >= 0.3 is 0 Å². The van der Waals surface area contributed by atoms with Crippen molar-refractivity contribution in [3.63, 3.8) is 0 Å². The number of rotatable bonds is 4. The molecule has 1 atom stereocenters. The molecule has 2 aromatic heterocycles. The first kappa shape index (κ1) is 13.6. The van der Waals surface area contributed by atoms with Crippen molar-refractivity contribution in [2.45, 2.75) is 32.2 Å². The molecule has 0 bridgehead atoms. The minimum absolute atomic E-state index is 0.0708. The lowest BCUT2D eigenvalue weighted by Gasteiger charge is -2.12. The topological polar surface area (TPSA) is 64.7 Å². The smallest absolute Gasteiger partial charge is 0.0829 e. The molecule has 0 saturated carbocycles. The Bertz CT molecular complexity index is 526. The van der Waals surface area contributed by atoms with Crippen molar-refractivity contribution < 1.29 is 0 Å². The predicted octanol–water partition coefficient (Wildman–Crippen LogP) is 3.06. The monoisotopic (exact) mass is 326 g/mol. The fourth-order valence-corrected chi connectivity index (χ4v) is 2.99. The van der Waals surface area contributed by atoms with Crippen LogP contribution in [0.15, 0.2) is 22.9 Å². The SMILES string of the molecule is CC(C)c1nnsc1C(N)Cc1cncc(Br)c1. The largest absolute Gasteiger partial charge is 0.323 e. The van der Waals surface area contributed by atoms with Crippen LogP contribution in [0.2, 0.25) is 0 Å². The molecule has 0 saturated heterocycles. The van der Waals surface area contributed by atoms with Gasteiger partial charge in [0.25, 0.3) is 0 Å². The van der Waals surface area contributed by atoms with Crippen LogP contribution in [0.4, 0.5) is 0 Å². The van der Waals surface area contributed by atoms with E-state index in [4.69, 9.17) is 5.73 Å². The molecule has 4 nitrogen and oxygen atoms in total. The quantitative estimate of drug-likeness (QED) is 0.937. The number of halogens is 1. The van der Waals surface area contributed by atoms with Gasteiger partial charge in [0.05, 0.1) is 10.6 Å². The summed E-state index contributed by atoms with van der Waals surface area (Å²) in [5.41, 5.74) is 8.37. The molecule has 0 fully saturated rings. The van der Waals surface area contributed by atoms with Crippen LogP contribution in [0, 0.1) is 0 Å². The second-order valence-electron chi connectivity index (χ2n) is 4.50. The van der Waals surface area contributed by atoms with Crippen LogP contribution in [0.25, 0.3) is 0 Å². The molecule has 0 spiro atoms. The zero-order valence-corrected chi connectivity index (χ0v) is 12.7. The second-order valence-corrected chi connectivity index (χ2v) is 6.20. The highest BCUT2D eigenvalue weighted by Gasteiger charge is 2.18. The molecule has 0 aliphatic carbocycles. The first-order valence-electron chi connectivity index (χ1n) is 5.75. The fraction of sp³-hybridized carbons (Fsp3) is 0.417. The summed E-state index contributed by atoms with van der Waals surface area (Å²) in [6, 6.07) is 1.97. The number of nitrogens with zero attached hydrogens (tertiary/aromatic N) is 3. The van der Waals surface area contributed by atoms with Gasteiger partial charge in [-0.1, -0.05) is 18.3 Å². The first-order valence-corrected chi connectivity index (χ1v) is 7.31. The van der Waals surface area contributed by atoms with Crippen LogP contribution in [-0.4, -0.2) is 14.6 Å². The molecule has 2 aromatic rings. The van der Waals surface area contributed by atoms with Crippen molar-refractivity contribution in [3.8, 4) is 0 Å². The van der Waals surface area contributed by atoms with Crippen molar-refractivity contribution in [1.82, 2.24) is 14.6 Å². The van der Waals surface area contributed by atoms with Gasteiger partial charge in [-0.25, -0.2) is 0 Å². The van der Waals surface area contributed by atoms with Crippen molar-refractivity contribution in [2.24, 2.45) is 5.73 Å². The number of hydrogen-bond acceptors (Lipinski definition) is 5. The van der Waals surface area contributed by atoms with E-state index in [1.54, 1.807) is 6.20 Å². The van der Waals surface area contributed by atoms with Gasteiger partial charge in [0.15, 0.2) is 0 Å². The highest BCUT2D eigenvalue weighted by Crippen LogP contribution is 2.27. The summed E-state index contributed by atoms with van der Waals surface area (Å²) in [7, 11) is 0. The summed E-state index contributed by atoms with van der Waals surface area (Å²) in [5.74, 6) is 0.352. The Balaban J connectivity index is 2.17. The van der Waals surface area contributed by atoms with Gasteiger partial charge < -0.3 is 5.73 Å². The van der Waals surface area contributed by atoms with E-state index in [-0.39, 0.29) is 6.04 Å². The average Bonchev–Trinajstić information content (AvgIpc) is 2.77. The third-order valence-corrected chi connectivity index (χ3v) is 3.95. The lowest BCUT2D eigenvalue weighted by molar-refractivity contribution is 0.699. The molecule has 6 heteroatoms. The number of pyridine rings is 1. The van der Waals surface area contributed by atoms with Crippen LogP contribution in [0.1, 0.15) is 41.9 Å². The molecule has 96 valence electrons. The van der Waals surface area contributed by atoms with E-state index in [0.29, 0.717) is 5.92 Å². The molecule has 2 rings (SSSR count). The molecule has 0 amide bonds. The molecule has 0 radical (unpaired) electrons. The summed E-state index contributed by atoms with van der Waals surface area (Å²) in [5, 5.41) is 4.16. The third-order valence-electron chi connectivity index (χ3n) is 2.64. The summed E-state index contributed by atoms with van der Waals surface area (Å²) < 4.78 is 4.98. The van der Waals surface area contributed by atoms with Gasteiger partial charge in [0.2, 0.25) is 0 Å². The van der Waals surface area contributed by atoms with Crippen LogP contribution in [-0.2, 0) is 6.42 Å². The van der Waals surface area contributed by atoms with Crippen LogP contribution in [0.3, 0.4) is 0 Å². The molecule has 0 aliphatic heterocycles. The van der Waals surface area contributed by atoms with Gasteiger partial charge in [0, 0.05) is 22.9 Å². The van der Waals surface area contributed by atoms with Crippen LogP contribution < -0.4 is 5.73 Å². The highest BCUT2D eigenvalue weighted by atomic mass is 79.9. The Kier molecular flexibility index (Phi) is 4.42. The van der Waals surface area contributed by atoms with Gasteiger partial charge in [-0.05, 0) is 51.4 Å². The molecule has 2 N–H and O–H groups in total. The first-order chi connectivity index (χ1) is 8.58. The summed E-state index contributed by atoms with van der Waals surface area (Å²) in [4.78, 5) is 5.22. The molecular formula is C12H15BrN4S. The summed E-state index contributed by atoms with van der Waals surface area (Å²) in [6.07, 6.45) is 4.35. The Hall–Kier alpha value is -0.850. The molecular weight excluding hydrogens is 312 g/mol. The predicted molar refractivity (Wildman–Crippen MR) is 76.6 cm³/mol. The van der Waals surface area contributed by atoms with Crippen molar-refractivity contribution in [1.29, 1.82) is 0 Å². The van der Waals surface area contributed by atoms with Gasteiger partial charge in [-0.3, -0.25) is 4.98 Å². The van der Waals surface area contributed by atoms with Gasteiger partial charge in [0.1, 0.15) is 0 Å². The second kappa shape index (κ2) is 5.86. The lowest BCUT2D eigenvalue weighted by Crippen LogP contribution is -2.14. The van der Waals surface area contributed by atoms with Crippen molar-refractivity contribution in [3.05, 3.63) is 39.1 Å². The Morgan fingerprint density at radius 2 is 2.17 bits per heavy atom. The maximum Gasteiger partial charge on any atom is 0.0829 e. The summed E-state index contributed by atoms with van der Waals surface area (Å²) >= 11 is 4.80. The van der Waals surface area contributed by atoms with Crippen molar-refractivity contribution in [2.75, 3.05) is 0 Å². The molecule has 0 aliphatic rings. The van der Waals surface area contributed by atoms with E-state index in [9.17, 15) is 0 Å². The van der Waals surface area contributed by atoms with E-state index in [2.05, 4.69) is 44.3 Å². The normalized spacial score (nSPS) is 12.9. The van der Waals surface area contributed by atoms with Crippen LogP contribution in [0.5, 0.6) is 0 Å². The van der Waals surface area contributed by atoms with Crippen molar-refractivity contribution >= 4 is 27.5 Å². The lowest BCUT2D eigenvalue weighted by atomic mass is 10.0. The Morgan fingerprint density at radius 3 is 2.83 bits per heavy atom. The van der Waals surface area contributed by atoms with E-state index in [1.165, 1.54) is 11.5 Å². The fourth-order valence-electron chi connectivity index (χ4n) is 1.78. The van der Waals surface area contributed by atoms with E-state index in [1.807, 2.05) is 12.3 Å². The standard InChI is InChI=1S/C12H15BrN4S/c1-7(2)11-12(18-17-16-11)10(14)4-8-3-9(13)6-15-5-8/h3,5-7,10H,4,14H2,1-2H3. The molecule has 0 aromatic carbocycles.